The summed E-state index contributed by atoms with van der Waals surface area (Å²) < 4.78 is 0. The molecule has 1 aliphatic heterocycles. The number of nitrogens with one attached hydrogen (secondary N) is 1. The van der Waals surface area contributed by atoms with E-state index >= 15 is 0 Å². The summed E-state index contributed by atoms with van der Waals surface area (Å²) in [4.78, 5) is 12.8. The van der Waals surface area contributed by atoms with Crippen molar-refractivity contribution in [3.05, 3.63) is 82.4 Å². The Kier molecular flexibility index (Phi) is 6.85. The monoisotopic (exact) mass is 415 g/mol. The number of halogens is 2. The number of allylic oxidation sites excluding steroid dienone is 1. The summed E-state index contributed by atoms with van der Waals surface area (Å²) in [5.74, 6) is 0.766. The molecule has 1 amide bonds. The molecule has 2 nitrogen and oxygen atoms in total. The molecular weight excluding hydrogens is 389 g/mol. The van der Waals surface area contributed by atoms with Gasteiger partial charge in [0.15, 0.2) is 0 Å². The van der Waals surface area contributed by atoms with Crippen LogP contribution in [-0.2, 0) is 4.79 Å². The predicted molar refractivity (Wildman–Crippen MR) is 118 cm³/mol. The van der Waals surface area contributed by atoms with Crippen LogP contribution in [0.3, 0.4) is 0 Å². The molecular formula is C24H27Cl2NO. The van der Waals surface area contributed by atoms with Gasteiger partial charge in [-0.05, 0) is 54.2 Å². The Morgan fingerprint density at radius 1 is 1.14 bits per heavy atom. The van der Waals surface area contributed by atoms with Crippen LogP contribution in [0.5, 0.6) is 0 Å². The van der Waals surface area contributed by atoms with Crippen LogP contribution < -0.4 is 5.32 Å². The number of hydrogen-bond acceptors (Lipinski definition) is 1. The zero-order valence-corrected chi connectivity index (χ0v) is 17.9. The summed E-state index contributed by atoms with van der Waals surface area (Å²) in [6.45, 7) is 8.24. The van der Waals surface area contributed by atoms with Crippen molar-refractivity contribution < 1.29 is 4.79 Å². The maximum atomic E-state index is 12.8. The standard InChI is InChI=1S/C24H27Cl2NO/c1-4-6-18-14-21(17-7-5-8-20(26)13-17)23(27-24(18)28)22(15(2)3)16-9-11-19(25)12-10-16/h4-5,7-13,15,18,21-23H,1,6,14H2,2-3H3,(H,27,28)/t18-,21-,22?,23+/m1/s1. The molecule has 28 heavy (non-hydrogen) atoms. The maximum absolute atomic E-state index is 12.8. The first-order chi connectivity index (χ1) is 13.4. The molecule has 0 bridgehead atoms. The van der Waals surface area contributed by atoms with Crippen molar-refractivity contribution in [3.8, 4) is 0 Å². The highest BCUT2D eigenvalue weighted by atomic mass is 35.5. The number of carbonyl (C=O) groups excluding carboxylic acids is 1. The van der Waals surface area contributed by atoms with E-state index in [4.69, 9.17) is 23.2 Å². The van der Waals surface area contributed by atoms with Gasteiger partial charge in [0.2, 0.25) is 5.91 Å². The van der Waals surface area contributed by atoms with Crippen molar-refractivity contribution in [1.29, 1.82) is 0 Å². The Bertz CT molecular complexity index is 831. The second-order valence-electron chi connectivity index (χ2n) is 7.97. The van der Waals surface area contributed by atoms with Crippen LogP contribution in [-0.4, -0.2) is 11.9 Å². The second kappa shape index (κ2) is 9.15. The average Bonchev–Trinajstić information content (AvgIpc) is 2.65. The Morgan fingerprint density at radius 2 is 1.86 bits per heavy atom. The van der Waals surface area contributed by atoms with Gasteiger partial charge in [-0.25, -0.2) is 0 Å². The van der Waals surface area contributed by atoms with Crippen molar-refractivity contribution in [2.75, 3.05) is 0 Å². The van der Waals surface area contributed by atoms with Crippen LogP contribution in [0.25, 0.3) is 0 Å². The van der Waals surface area contributed by atoms with Crippen molar-refractivity contribution in [2.24, 2.45) is 11.8 Å². The molecule has 4 atom stereocenters. The van der Waals surface area contributed by atoms with E-state index in [1.807, 2.05) is 36.4 Å². The zero-order chi connectivity index (χ0) is 20.3. The normalized spacial score (nSPS) is 23.3. The smallest absolute Gasteiger partial charge is 0.223 e. The molecule has 0 aliphatic carbocycles. The molecule has 0 spiro atoms. The maximum Gasteiger partial charge on any atom is 0.223 e. The summed E-state index contributed by atoms with van der Waals surface area (Å²) in [5, 5.41) is 4.79. The molecule has 1 unspecified atom stereocenters. The van der Waals surface area contributed by atoms with Crippen LogP contribution in [0, 0.1) is 11.8 Å². The van der Waals surface area contributed by atoms with Crippen LogP contribution in [0.15, 0.2) is 61.2 Å². The fraction of sp³-hybridized carbons (Fsp3) is 0.375. The summed E-state index contributed by atoms with van der Waals surface area (Å²) in [6, 6.07) is 16.0. The molecule has 1 saturated heterocycles. The molecule has 148 valence electrons. The topological polar surface area (TPSA) is 29.1 Å². The Balaban J connectivity index is 2.03. The highest BCUT2D eigenvalue weighted by Gasteiger charge is 2.41. The molecule has 2 aromatic rings. The predicted octanol–water partition coefficient (Wildman–Crippen LogP) is 6.60. The van der Waals surface area contributed by atoms with Crippen molar-refractivity contribution in [1.82, 2.24) is 5.32 Å². The highest BCUT2D eigenvalue weighted by molar-refractivity contribution is 6.30. The summed E-state index contributed by atoms with van der Waals surface area (Å²) >= 11 is 12.4. The van der Waals surface area contributed by atoms with Crippen molar-refractivity contribution in [2.45, 2.75) is 44.6 Å². The van der Waals surface area contributed by atoms with Gasteiger partial charge in [-0.15, -0.1) is 6.58 Å². The third-order valence-corrected chi connectivity index (χ3v) is 6.23. The summed E-state index contributed by atoms with van der Waals surface area (Å²) in [6.07, 6.45) is 3.31. The lowest BCUT2D eigenvalue weighted by molar-refractivity contribution is -0.128. The zero-order valence-electron chi connectivity index (χ0n) is 16.4. The molecule has 3 rings (SSSR count). The van der Waals surface area contributed by atoms with Gasteiger partial charge in [0, 0.05) is 33.8 Å². The van der Waals surface area contributed by atoms with Crippen LogP contribution in [0.2, 0.25) is 10.0 Å². The van der Waals surface area contributed by atoms with E-state index in [1.54, 1.807) is 0 Å². The molecule has 1 heterocycles. The molecule has 1 aliphatic rings. The van der Waals surface area contributed by atoms with Gasteiger partial charge >= 0.3 is 0 Å². The quantitative estimate of drug-likeness (QED) is 0.529. The number of benzene rings is 2. The largest absolute Gasteiger partial charge is 0.352 e. The first-order valence-corrected chi connectivity index (χ1v) is 10.6. The number of carbonyl (C=O) groups is 1. The Hall–Kier alpha value is -1.77. The highest BCUT2D eigenvalue weighted by Crippen LogP contribution is 2.42. The SMILES string of the molecule is C=CC[C@@H]1C[C@H](c2cccc(Cl)c2)[C@@H](C(c2ccc(Cl)cc2)C(C)C)NC1=O. The molecule has 0 saturated carbocycles. The van der Waals surface area contributed by atoms with Gasteiger partial charge in [0.1, 0.15) is 0 Å². The number of piperidine rings is 1. The van der Waals surface area contributed by atoms with E-state index in [0.717, 1.165) is 16.5 Å². The van der Waals surface area contributed by atoms with Crippen molar-refractivity contribution in [3.63, 3.8) is 0 Å². The van der Waals surface area contributed by atoms with Gasteiger partial charge in [0.05, 0.1) is 0 Å². The second-order valence-corrected chi connectivity index (χ2v) is 8.85. The molecule has 4 heteroatoms. The lowest BCUT2D eigenvalue weighted by atomic mass is 9.69. The molecule has 1 N–H and O–H groups in total. The van der Waals surface area contributed by atoms with E-state index in [-0.39, 0.29) is 29.7 Å². The van der Waals surface area contributed by atoms with Gasteiger partial charge in [-0.2, -0.15) is 0 Å². The Labute approximate surface area is 177 Å². The third kappa shape index (κ3) is 4.61. The van der Waals surface area contributed by atoms with E-state index in [2.05, 4.69) is 43.9 Å². The van der Waals surface area contributed by atoms with Gasteiger partial charge in [0.25, 0.3) is 0 Å². The minimum absolute atomic E-state index is 0.00629. The first-order valence-electron chi connectivity index (χ1n) is 9.83. The van der Waals surface area contributed by atoms with Crippen LogP contribution in [0.4, 0.5) is 0 Å². The first kappa shape index (κ1) is 21.0. The average molecular weight is 416 g/mol. The number of amides is 1. The number of hydrogen-bond donors (Lipinski definition) is 1. The fourth-order valence-corrected chi connectivity index (χ4v) is 4.78. The molecule has 0 aromatic heterocycles. The lowest BCUT2D eigenvalue weighted by Gasteiger charge is -2.42. The lowest BCUT2D eigenvalue weighted by Crippen LogP contribution is -2.52. The van der Waals surface area contributed by atoms with Gasteiger partial charge < -0.3 is 5.32 Å². The van der Waals surface area contributed by atoms with Gasteiger partial charge in [-0.3, -0.25) is 4.79 Å². The van der Waals surface area contributed by atoms with E-state index in [1.165, 1.54) is 11.1 Å². The minimum atomic E-state index is -0.0595. The third-order valence-electron chi connectivity index (χ3n) is 5.74. The Morgan fingerprint density at radius 3 is 2.46 bits per heavy atom. The van der Waals surface area contributed by atoms with E-state index in [9.17, 15) is 4.79 Å². The molecule has 0 radical (unpaired) electrons. The van der Waals surface area contributed by atoms with Crippen LogP contribution in [0.1, 0.15) is 49.7 Å². The van der Waals surface area contributed by atoms with E-state index in [0.29, 0.717) is 12.3 Å². The fourth-order valence-electron chi connectivity index (χ4n) is 4.46. The molecule has 1 fully saturated rings. The van der Waals surface area contributed by atoms with Crippen LogP contribution >= 0.6 is 23.2 Å². The van der Waals surface area contributed by atoms with E-state index < -0.39 is 0 Å². The minimum Gasteiger partial charge on any atom is -0.352 e. The van der Waals surface area contributed by atoms with Crippen molar-refractivity contribution >= 4 is 29.1 Å². The van der Waals surface area contributed by atoms with Gasteiger partial charge in [-0.1, -0.05) is 67.4 Å². The summed E-state index contributed by atoms with van der Waals surface area (Å²) in [7, 11) is 0. The summed E-state index contributed by atoms with van der Waals surface area (Å²) in [5.41, 5.74) is 2.37. The number of rotatable bonds is 6. The molecule has 2 aromatic carbocycles.